The number of methoxy groups -OCH3 is 2. The lowest BCUT2D eigenvalue weighted by Gasteiger charge is -2.30. The van der Waals surface area contributed by atoms with Gasteiger partial charge in [0.05, 0.1) is 13.2 Å². The second-order valence-corrected chi connectivity index (χ2v) is 5.16. The zero-order valence-corrected chi connectivity index (χ0v) is 12.3. The van der Waals surface area contributed by atoms with E-state index in [1.54, 1.807) is 14.2 Å². The molecule has 0 N–H and O–H groups in total. The second-order valence-electron chi connectivity index (χ2n) is 5.16. The minimum Gasteiger partial charge on any atom is -0.497 e. The molecule has 1 aliphatic rings. The van der Waals surface area contributed by atoms with E-state index in [9.17, 15) is 4.79 Å². The van der Waals surface area contributed by atoms with Crippen LogP contribution >= 0.6 is 0 Å². The summed E-state index contributed by atoms with van der Waals surface area (Å²) in [5, 5.41) is 0. The quantitative estimate of drug-likeness (QED) is 0.849. The Morgan fingerprint density at radius 2 is 1.95 bits per heavy atom. The fraction of sp³-hybridized carbons (Fsp3) is 0.562. The van der Waals surface area contributed by atoms with Gasteiger partial charge in [0.25, 0.3) is 0 Å². The Hall–Kier alpha value is -1.55. The highest BCUT2D eigenvalue weighted by Crippen LogP contribution is 2.31. The van der Waals surface area contributed by atoms with E-state index in [0.717, 1.165) is 31.6 Å². The van der Waals surface area contributed by atoms with E-state index in [1.165, 1.54) is 12.0 Å². The normalized spacial score (nSPS) is 19.5. The van der Waals surface area contributed by atoms with Gasteiger partial charge < -0.3 is 14.4 Å². The minimum atomic E-state index is 0.0789. The summed E-state index contributed by atoms with van der Waals surface area (Å²) in [4.78, 5) is 14.2. The molecule has 0 saturated carbocycles. The molecule has 1 aromatic rings. The number of nitrogens with zero attached hydrogens (tertiary/aromatic N) is 1. The Morgan fingerprint density at radius 3 is 2.60 bits per heavy atom. The molecule has 1 amide bonds. The lowest BCUT2D eigenvalue weighted by atomic mass is 10.0. The number of hydrogen-bond acceptors (Lipinski definition) is 3. The smallest absolute Gasteiger partial charge is 0.249 e. The van der Waals surface area contributed by atoms with Crippen molar-refractivity contribution in [3.05, 3.63) is 29.8 Å². The van der Waals surface area contributed by atoms with Gasteiger partial charge in [0.1, 0.15) is 12.4 Å². The lowest BCUT2D eigenvalue weighted by molar-refractivity contribution is -0.137. The van der Waals surface area contributed by atoms with Crippen LogP contribution in [0.1, 0.15) is 37.3 Å². The van der Waals surface area contributed by atoms with Crippen LogP contribution in [0.25, 0.3) is 0 Å². The van der Waals surface area contributed by atoms with Crippen LogP contribution in [-0.2, 0) is 9.53 Å². The summed E-state index contributed by atoms with van der Waals surface area (Å²) in [6.07, 6.45) is 4.43. The van der Waals surface area contributed by atoms with Crippen LogP contribution in [0.5, 0.6) is 5.75 Å². The van der Waals surface area contributed by atoms with E-state index in [0.29, 0.717) is 0 Å². The van der Waals surface area contributed by atoms with Crippen LogP contribution in [0.2, 0.25) is 0 Å². The lowest BCUT2D eigenvalue weighted by Crippen LogP contribution is -2.37. The van der Waals surface area contributed by atoms with Crippen LogP contribution in [0.3, 0.4) is 0 Å². The molecule has 4 heteroatoms. The molecule has 0 aliphatic carbocycles. The van der Waals surface area contributed by atoms with E-state index < -0.39 is 0 Å². The summed E-state index contributed by atoms with van der Waals surface area (Å²) in [7, 11) is 3.23. The van der Waals surface area contributed by atoms with Crippen molar-refractivity contribution in [2.45, 2.75) is 31.7 Å². The summed E-state index contributed by atoms with van der Waals surface area (Å²) in [6.45, 7) is 0.978. The Labute approximate surface area is 120 Å². The molecule has 110 valence electrons. The average molecular weight is 277 g/mol. The topological polar surface area (TPSA) is 38.8 Å². The number of hydrogen-bond donors (Lipinski definition) is 0. The van der Waals surface area contributed by atoms with E-state index in [1.807, 2.05) is 17.0 Å². The fourth-order valence-electron chi connectivity index (χ4n) is 2.79. The minimum absolute atomic E-state index is 0.0789. The maximum absolute atomic E-state index is 12.2. The van der Waals surface area contributed by atoms with Crippen molar-refractivity contribution in [3.8, 4) is 5.75 Å². The van der Waals surface area contributed by atoms with Crippen molar-refractivity contribution in [2.75, 3.05) is 27.4 Å². The number of amides is 1. The average Bonchev–Trinajstić information content (AvgIpc) is 2.73. The maximum atomic E-state index is 12.2. The molecule has 1 aromatic carbocycles. The maximum Gasteiger partial charge on any atom is 0.249 e. The van der Waals surface area contributed by atoms with Crippen LogP contribution in [0.4, 0.5) is 0 Å². The second kappa shape index (κ2) is 7.29. The first-order valence-electron chi connectivity index (χ1n) is 7.18. The number of carbonyl (C=O) groups is 1. The SMILES string of the molecule is COCC(=O)N1CCCCCC1c1ccc(OC)cc1. The number of rotatable bonds is 4. The van der Waals surface area contributed by atoms with Gasteiger partial charge in [0.2, 0.25) is 5.91 Å². The molecule has 1 fully saturated rings. The largest absolute Gasteiger partial charge is 0.497 e. The molecule has 2 rings (SSSR count). The molecule has 0 aromatic heterocycles. The highest BCUT2D eigenvalue weighted by Gasteiger charge is 2.26. The summed E-state index contributed by atoms with van der Waals surface area (Å²) in [5.41, 5.74) is 1.18. The van der Waals surface area contributed by atoms with Crippen molar-refractivity contribution in [1.82, 2.24) is 4.90 Å². The highest BCUT2D eigenvalue weighted by molar-refractivity contribution is 5.78. The Kier molecular flexibility index (Phi) is 5.41. The Balaban J connectivity index is 2.20. The van der Waals surface area contributed by atoms with Gasteiger partial charge >= 0.3 is 0 Å². The Morgan fingerprint density at radius 1 is 1.20 bits per heavy atom. The molecule has 1 aliphatic heterocycles. The van der Waals surface area contributed by atoms with Gasteiger partial charge in [-0.3, -0.25) is 4.79 Å². The van der Waals surface area contributed by atoms with Crippen molar-refractivity contribution in [1.29, 1.82) is 0 Å². The predicted molar refractivity (Wildman–Crippen MR) is 77.8 cm³/mol. The standard InChI is InChI=1S/C16H23NO3/c1-19-12-16(18)17-11-5-3-4-6-15(17)13-7-9-14(20-2)10-8-13/h7-10,15H,3-6,11-12H2,1-2H3. The first-order valence-corrected chi connectivity index (χ1v) is 7.18. The molecule has 20 heavy (non-hydrogen) atoms. The van der Waals surface area contributed by atoms with Crippen molar-refractivity contribution < 1.29 is 14.3 Å². The van der Waals surface area contributed by atoms with Crippen LogP contribution in [-0.4, -0.2) is 38.2 Å². The molecule has 4 nitrogen and oxygen atoms in total. The van der Waals surface area contributed by atoms with Crippen LogP contribution in [0, 0.1) is 0 Å². The van der Waals surface area contributed by atoms with E-state index in [2.05, 4.69) is 12.1 Å². The van der Waals surface area contributed by atoms with Gasteiger partial charge in [-0.15, -0.1) is 0 Å². The molecule has 0 spiro atoms. The van der Waals surface area contributed by atoms with Gasteiger partial charge in [-0.25, -0.2) is 0 Å². The monoisotopic (exact) mass is 277 g/mol. The first kappa shape index (κ1) is 14.9. The molecule has 1 atom stereocenters. The van der Waals surface area contributed by atoms with Crippen molar-refractivity contribution >= 4 is 5.91 Å². The van der Waals surface area contributed by atoms with E-state index in [4.69, 9.17) is 9.47 Å². The van der Waals surface area contributed by atoms with Gasteiger partial charge in [0.15, 0.2) is 0 Å². The zero-order valence-electron chi connectivity index (χ0n) is 12.3. The summed E-state index contributed by atoms with van der Waals surface area (Å²) in [5.74, 6) is 0.923. The van der Waals surface area contributed by atoms with E-state index >= 15 is 0 Å². The molecule has 1 saturated heterocycles. The third kappa shape index (κ3) is 3.51. The first-order chi connectivity index (χ1) is 9.76. The molecule has 0 radical (unpaired) electrons. The fourth-order valence-corrected chi connectivity index (χ4v) is 2.79. The van der Waals surface area contributed by atoms with E-state index in [-0.39, 0.29) is 18.6 Å². The third-order valence-corrected chi connectivity index (χ3v) is 3.84. The number of carbonyl (C=O) groups excluding carboxylic acids is 1. The number of likely N-dealkylation sites (tertiary alicyclic amines) is 1. The molecular weight excluding hydrogens is 254 g/mol. The summed E-state index contributed by atoms with van der Waals surface area (Å²) >= 11 is 0. The summed E-state index contributed by atoms with van der Waals surface area (Å²) < 4.78 is 10.2. The highest BCUT2D eigenvalue weighted by atomic mass is 16.5. The van der Waals surface area contributed by atoms with Gasteiger partial charge in [-0.2, -0.15) is 0 Å². The van der Waals surface area contributed by atoms with Gasteiger partial charge in [0, 0.05) is 13.7 Å². The van der Waals surface area contributed by atoms with Crippen LogP contribution in [0.15, 0.2) is 24.3 Å². The molecular formula is C16H23NO3. The molecule has 1 heterocycles. The molecule has 0 bridgehead atoms. The van der Waals surface area contributed by atoms with Crippen LogP contribution < -0.4 is 4.74 Å². The molecule has 1 unspecified atom stereocenters. The predicted octanol–water partition coefficient (Wildman–Crippen LogP) is 2.79. The number of benzene rings is 1. The van der Waals surface area contributed by atoms with Gasteiger partial charge in [-0.1, -0.05) is 25.0 Å². The summed E-state index contributed by atoms with van der Waals surface area (Å²) in [6, 6.07) is 8.19. The van der Waals surface area contributed by atoms with Crippen molar-refractivity contribution in [2.24, 2.45) is 0 Å². The third-order valence-electron chi connectivity index (χ3n) is 3.84. The Bertz CT molecular complexity index is 430. The number of ether oxygens (including phenoxy) is 2. The van der Waals surface area contributed by atoms with Crippen molar-refractivity contribution in [3.63, 3.8) is 0 Å². The van der Waals surface area contributed by atoms with Gasteiger partial charge in [-0.05, 0) is 30.5 Å². The zero-order chi connectivity index (χ0) is 14.4.